The first-order valence-corrected chi connectivity index (χ1v) is 4.60. The van der Waals surface area contributed by atoms with Gasteiger partial charge in [0.25, 0.3) is 5.56 Å². The fourth-order valence-electron chi connectivity index (χ4n) is 1.43. The van der Waals surface area contributed by atoms with E-state index in [4.69, 9.17) is 17.3 Å². The summed E-state index contributed by atoms with van der Waals surface area (Å²) in [7, 11) is 0. The highest BCUT2D eigenvalue weighted by Gasteiger charge is 2.01. The fraction of sp³-hybridized carbons (Fsp3) is 0.100. The third kappa shape index (κ3) is 1.41. The number of rotatable bonds is 1. The molecule has 0 aromatic carbocycles. The molecule has 0 amide bonds. The Kier molecular flexibility index (Phi) is 2.27. The average molecular weight is 209 g/mol. The molecule has 0 bridgehead atoms. The Balaban J connectivity index is 2.91. The van der Waals surface area contributed by atoms with Crippen molar-refractivity contribution >= 4 is 17.1 Å². The van der Waals surface area contributed by atoms with Gasteiger partial charge in [-0.2, -0.15) is 0 Å². The molecule has 0 fully saturated rings. The number of nitrogens with two attached hydrogens (primary N) is 1. The molecule has 72 valence electrons. The van der Waals surface area contributed by atoms with Gasteiger partial charge in [-0.15, -0.1) is 0 Å². The quantitative estimate of drug-likeness (QED) is 0.771. The Labute approximate surface area is 85.7 Å². The minimum Gasteiger partial charge on any atom is -0.326 e. The number of aromatic nitrogens is 1. The van der Waals surface area contributed by atoms with Crippen molar-refractivity contribution < 1.29 is 0 Å². The molecule has 0 saturated heterocycles. The molecule has 0 aliphatic carbocycles. The zero-order valence-electron chi connectivity index (χ0n) is 7.40. The van der Waals surface area contributed by atoms with E-state index in [9.17, 15) is 4.79 Å². The predicted octanol–water partition coefficient (Wildman–Crippen LogP) is 1.41. The van der Waals surface area contributed by atoms with Gasteiger partial charge in [0.1, 0.15) is 0 Å². The van der Waals surface area contributed by atoms with Gasteiger partial charge < -0.3 is 5.73 Å². The van der Waals surface area contributed by atoms with Gasteiger partial charge >= 0.3 is 0 Å². The Morgan fingerprint density at radius 2 is 2.07 bits per heavy atom. The first-order chi connectivity index (χ1) is 6.72. The second kappa shape index (κ2) is 3.44. The number of fused-ring (bicyclic) bond motifs is 1. The second-order valence-electron chi connectivity index (χ2n) is 3.00. The summed E-state index contributed by atoms with van der Waals surface area (Å²) in [4.78, 5) is 11.5. The summed E-state index contributed by atoms with van der Waals surface area (Å²) in [5, 5.41) is 0.536. The van der Waals surface area contributed by atoms with Crippen molar-refractivity contribution in [1.82, 2.24) is 4.40 Å². The highest BCUT2D eigenvalue weighted by atomic mass is 35.5. The average Bonchev–Trinajstić information content (AvgIpc) is 2.19. The molecule has 2 heterocycles. The van der Waals surface area contributed by atoms with Crippen LogP contribution >= 0.6 is 11.6 Å². The summed E-state index contributed by atoms with van der Waals surface area (Å²) in [6.07, 6.45) is 1.60. The highest BCUT2D eigenvalue weighted by Crippen LogP contribution is 2.12. The van der Waals surface area contributed by atoms with Crippen molar-refractivity contribution in [3.8, 4) is 0 Å². The molecular weight excluding hydrogens is 200 g/mol. The van der Waals surface area contributed by atoms with Crippen LogP contribution in [0.15, 0.2) is 35.3 Å². The van der Waals surface area contributed by atoms with Gasteiger partial charge in [-0.3, -0.25) is 9.20 Å². The molecule has 14 heavy (non-hydrogen) atoms. The van der Waals surface area contributed by atoms with E-state index in [1.54, 1.807) is 24.4 Å². The van der Waals surface area contributed by atoms with Gasteiger partial charge in [-0.25, -0.2) is 0 Å². The summed E-state index contributed by atoms with van der Waals surface area (Å²) in [6, 6.07) is 6.78. The maximum Gasteiger partial charge on any atom is 0.255 e. The van der Waals surface area contributed by atoms with Crippen LogP contribution < -0.4 is 11.3 Å². The molecule has 2 aromatic rings. The van der Waals surface area contributed by atoms with Gasteiger partial charge in [-0.1, -0.05) is 17.7 Å². The van der Waals surface area contributed by atoms with E-state index in [1.165, 1.54) is 10.5 Å². The normalized spacial score (nSPS) is 10.7. The minimum absolute atomic E-state index is 0.0975. The molecule has 0 radical (unpaired) electrons. The molecule has 4 heteroatoms. The predicted molar refractivity (Wildman–Crippen MR) is 56.6 cm³/mol. The third-order valence-electron chi connectivity index (χ3n) is 2.13. The largest absolute Gasteiger partial charge is 0.326 e. The van der Waals surface area contributed by atoms with Gasteiger partial charge in [0, 0.05) is 18.8 Å². The fourth-order valence-corrected chi connectivity index (χ4v) is 1.59. The summed E-state index contributed by atoms with van der Waals surface area (Å²) >= 11 is 5.80. The maximum atomic E-state index is 11.5. The van der Waals surface area contributed by atoms with Crippen LogP contribution in [0, 0.1) is 0 Å². The standard InChI is InChI=1S/C10H9ClN2O/c11-8-2-3-9-7(5-12)1-4-10(14)13(9)6-8/h1-4,6H,5,12H2. The molecule has 2 rings (SSSR count). The van der Waals surface area contributed by atoms with E-state index in [2.05, 4.69) is 0 Å². The third-order valence-corrected chi connectivity index (χ3v) is 2.35. The second-order valence-corrected chi connectivity index (χ2v) is 3.44. The van der Waals surface area contributed by atoms with E-state index in [1.807, 2.05) is 0 Å². The first-order valence-electron chi connectivity index (χ1n) is 4.22. The minimum atomic E-state index is -0.0975. The van der Waals surface area contributed by atoms with E-state index < -0.39 is 0 Å². The Morgan fingerprint density at radius 1 is 1.29 bits per heavy atom. The summed E-state index contributed by atoms with van der Waals surface area (Å²) in [6.45, 7) is 0.408. The van der Waals surface area contributed by atoms with Crippen LogP contribution in [-0.2, 0) is 6.54 Å². The van der Waals surface area contributed by atoms with Crippen LogP contribution in [-0.4, -0.2) is 4.40 Å². The molecule has 0 aliphatic heterocycles. The van der Waals surface area contributed by atoms with Gasteiger partial charge in [-0.05, 0) is 17.7 Å². The molecule has 0 saturated carbocycles. The maximum absolute atomic E-state index is 11.5. The van der Waals surface area contributed by atoms with E-state index >= 15 is 0 Å². The molecule has 3 nitrogen and oxygen atoms in total. The van der Waals surface area contributed by atoms with Gasteiger partial charge in [0.2, 0.25) is 0 Å². The topological polar surface area (TPSA) is 47.5 Å². The monoisotopic (exact) mass is 208 g/mol. The van der Waals surface area contributed by atoms with Crippen LogP contribution in [0.4, 0.5) is 0 Å². The summed E-state index contributed by atoms with van der Waals surface area (Å²) < 4.78 is 1.50. The van der Waals surface area contributed by atoms with Crippen molar-refractivity contribution in [1.29, 1.82) is 0 Å². The Bertz CT molecular complexity index is 533. The zero-order valence-corrected chi connectivity index (χ0v) is 8.16. The molecule has 0 unspecified atom stereocenters. The zero-order chi connectivity index (χ0) is 10.1. The molecule has 2 N–H and O–H groups in total. The summed E-state index contributed by atoms with van der Waals surface area (Å²) in [5.74, 6) is 0. The molecule has 0 spiro atoms. The van der Waals surface area contributed by atoms with Crippen molar-refractivity contribution in [3.05, 3.63) is 51.4 Å². The number of hydrogen-bond acceptors (Lipinski definition) is 2. The first kappa shape index (κ1) is 9.24. The number of pyridine rings is 2. The van der Waals surface area contributed by atoms with Crippen LogP contribution in [0.25, 0.3) is 5.52 Å². The Hall–Kier alpha value is -1.32. The lowest BCUT2D eigenvalue weighted by atomic mass is 10.2. The van der Waals surface area contributed by atoms with E-state index in [0.29, 0.717) is 11.6 Å². The van der Waals surface area contributed by atoms with Crippen molar-refractivity contribution in [3.63, 3.8) is 0 Å². The molecule has 0 atom stereocenters. The van der Waals surface area contributed by atoms with E-state index in [-0.39, 0.29) is 5.56 Å². The molecule has 0 aliphatic rings. The van der Waals surface area contributed by atoms with Crippen molar-refractivity contribution in [2.45, 2.75) is 6.54 Å². The smallest absolute Gasteiger partial charge is 0.255 e. The van der Waals surface area contributed by atoms with Crippen LogP contribution in [0.2, 0.25) is 5.02 Å². The number of nitrogens with zero attached hydrogens (tertiary/aromatic N) is 1. The SMILES string of the molecule is NCc1ccc(=O)n2cc(Cl)ccc12. The van der Waals surface area contributed by atoms with Crippen LogP contribution in [0.5, 0.6) is 0 Å². The Morgan fingerprint density at radius 3 is 2.79 bits per heavy atom. The van der Waals surface area contributed by atoms with Gasteiger partial charge in [0.15, 0.2) is 0 Å². The van der Waals surface area contributed by atoms with Gasteiger partial charge in [0.05, 0.1) is 10.5 Å². The molecular formula is C10H9ClN2O. The lowest BCUT2D eigenvalue weighted by Gasteiger charge is -2.05. The molecule has 2 aromatic heterocycles. The lowest BCUT2D eigenvalue weighted by Crippen LogP contribution is -2.14. The van der Waals surface area contributed by atoms with Crippen molar-refractivity contribution in [2.24, 2.45) is 5.73 Å². The lowest BCUT2D eigenvalue weighted by molar-refractivity contribution is 1.02. The van der Waals surface area contributed by atoms with Crippen LogP contribution in [0.1, 0.15) is 5.56 Å². The van der Waals surface area contributed by atoms with Crippen LogP contribution in [0.3, 0.4) is 0 Å². The number of halogens is 1. The van der Waals surface area contributed by atoms with E-state index in [0.717, 1.165) is 11.1 Å². The number of hydrogen-bond donors (Lipinski definition) is 1. The highest BCUT2D eigenvalue weighted by molar-refractivity contribution is 6.30. The van der Waals surface area contributed by atoms with Crippen molar-refractivity contribution in [2.75, 3.05) is 0 Å². The summed E-state index contributed by atoms with van der Waals surface area (Å²) in [5.41, 5.74) is 7.20.